The molecule has 3 aromatic carbocycles. The van der Waals surface area contributed by atoms with Gasteiger partial charge in [-0.15, -0.1) is 0 Å². The number of hydrogen-bond acceptors (Lipinski definition) is 2. The van der Waals surface area contributed by atoms with Gasteiger partial charge in [0.05, 0.1) is 22.4 Å². The number of nitrogens with one attached hydrogen (secondary N) is 3. The molecule has 0 unspecified atom stereocenters. The topological polar surface area (TPSA) is 70.2 Å². The maximum Gasteiger partial charge on any atom is 0.416 e. The second kappa shape index (κ2) is 9.60. The SMILES string of the molecule is O=C(Nc1cccc(C(F)(F)F)c1)Nc1cc(NC(=O)c2cc(C(F)(F)F)ccc2F)ccc1F. The highest BCUT2D eigenvalue weighted by molar-refractivity contribution is 6.05. The molecular weight excluding hydrogens is 490 g/mol. The van der Waals surface area contributed by atoms with Crippen molar-refractivity contribution in [3.8, 4) is 0 Å². The van der Waals surface area contributed by atoms with Gasteiger partial charge >= 0.3 is 18.4 Å². The molecule has 0 saturated heterocycles. The van der Waals surface area contributed by atoms with Crippen LogP contribution in [0.4, 0.5) is 57.0 Å². The van der Waals surface area contributed by atoms with E-state index in [1.54, 1.807) is 0 Å². The fraction of sp³-hybridized carbons (Fsp3) is 0.0909. The zero-order valence-corrected chi connectivity index (χ0v) is 17.1. The van der Waals surface area contributed by atoms with E-state index in [9.17, 15) is 44.7 Å². The summed E-state index contributed by atoms with van der Waals surface area (Å²) in [7, 11) is 0. The van der Waals surface area contributed by atoms with Gasteiger partial charge in [-0.1, -0.05) is 6.07 Å². The molecule has 0 atom stereocenters. The quantitative estimate of drug-likeness (QED) is 0.339. The molecular formula is C22H13F8N3O2. The van der Waals surface area contributed by atoms with E-state index >= 15 is 0 Å². The lowest BCUT2D eigenvalue weighted by molar-refractivity contribution is -0.138. The van der Waals surface area contributed by atoms with Crippen LogP contribution in [0, 0.1) is 11.6 Å². The van der Waals surface area contributed by atoms with Crippen LogP contribution in [0.1, 0.15) is 21.5 Å². The molecule has 35 heavy (non-hydrogen) atoms. The smallest absolute Gasteiger partial charge is 0.322 e. The molecule has 0 spiro atoms. The molecule has 3 amide bonds. The van der Waals surface area contributed by atoms with Crippen LogP contribution in [-0.2, 0) is 12.4 Å². The molecule has 184 valence electrons. The lowest BCUT2D eigenvalue weighted by atomic mass is 10.1. The predicted molar refractivity (Wildman–Crippen MR) is 110 cm³/mol. The van der Waals surface area contributed by atoms with E-state index in [0.717, 1.165) is 36.4 Å². The molecule has 0 saturated carbocycles. The van der Waals surface area contributed by atoms with Crippen molar-refractivity contribution in [2.75, 3.05) is 16.0 Å². The normalized spacial score (nSPS) is 11.7. The maximum atomic E-state index is 14.1. The molecule has 3 rings (SSSR count). The fourth-order valence-electron chi connectivity index (χ4n) is 2.83. The molecule has 0 aliphatic rings. The molecule has 0 aliphatic heterocycles. The van der Waals surface area contributed by atoms with Crippen LogP contribution in [0.25, 0.3) is 0 Å². The Morgan fingerprint density at radius 2 is 1.23 bits per heavy atom. The number of alkyl halides is 6. The van der Waals surface area contributed by atoms with Gasteiger partial charge in [-0.2, -0.15) is 26.3 Å². The Balaban J connectivity index is 1.75. The van der Waals surface area contributed by atoms with Crippen molar-refractivity contribution in [3.63, 3.8) is 0 Å². The van der Waals surface area contributed by atoms with E-state index in [-0.39, 0.29) is 11.4 Å². The Morgan fingerprint density at radius 3 is 1.89 bits per heavy atom. The third kappa shape index (κ3) is 6.46. The number of urea groups is 1. The summed E-state index contributed by atoms with van der Waals surface area (Å²) in [6, 6.07) is 6.39. The molecule has 0 heterocycles. The fourth-order valence-corrected chi connectivity index (χ4v) is 2.83. The molecule has 13 heteroatoms. The van der Waals surface area contributed by atoms with E-state index in [1.165, 1.54) is 0 Å². The van der Waals surface area contributed by atoms with Crippen LogP contribution >= 0.6 is 0 Å². The van der Waals surface area contributed by atoms with Crippen molar-refractivity contribution in [1.82, 2.24) is 0 Å². The van der Waals surface area contributed by atoms with Gasteiger partial charge in [-0.3, -0.25) is 4.79 Å². The number of rotatable bonds is 4. The van der Waals surface area contributed by atoms with Crippen molar-refractivity contribution >= 4 is 29.0 Å². The zero-order chi connectivity index (χ0) is 26.0. The second-order valence-electron chi connectivity index (χ2n) is 7.00. The Bertz CT molecular complexity index is 1270. The Kier molecular flexibility index (Phi) is 6.99. The van der Waals surface area contributed by atoms with Crippen molar-refractivity contribution in [2.24, 2.45) is 0 Å². The summed E-state index contributed by atoms with van der Waals surface area (Å²) in [5, 5.41) is 6.20. The van der Waals surface area contributed by atoms with Gasteiger partial charge in [0.25, 0.3) is 5.91 Å². The van der Waals surface area contributed by atoms with Crippen LogP contribution in [0.2, 0.25) is 0 Å². The number of carbonyl (C=O) groups excluding carboxylic acids is 2. The maximum absolute atomic E-state index is 14.1. The van der Waals surface area contributed by atoms with Crippen LogP contribution in [0.15, 0.2) is 60.7 Å². The summed E-state index contributed by atoms with van der Waals surface area (Å²) in [5.41, 5.74) is -4.23. The van der Waals surface area contributed by atoms with Gasteiger partial charge in [0, 0.05) is 11.4 Å². The Morgan fingerprint density at radius 1 is 0.629 bits per heavy atom. The van der Waals surface area contributed by atoms with Crippen LogP contribution in [-0.4, -0.2) is 11.9 Å². The van der Waals surface area contributed by atoms with Crippen molar-refractivity contribution in [2.45, 2.75) is 12.4 Å². The number of halogens is 8. The third-order valence-corrected chi connectivity index (χ3v) is 4.46. The van der Waals surface area contributed by atoms with Crippen molar-refractivity contribution < 1.29 is 44.7 Å². The minimum Gasteiger partial charge on any atom is -0.322 e. The Labute approximate surface area is 191 Å². The molecule has 0 bridgehead atoms. The van der Waals surface area contributed by atoms with E-state index in [0.29, 0.717) is 24.3 Å². The summed E-state index contributed by atoms with van der Waals surface area (Å²) < 4.78 is 105. The highest BCUT2D eigenvalue weighted by Crippen LogP contribution is 2.32. The lowest BCUT2D eigenvalue weighted by Gasteiger charge is -2.13. The highest BCUT2D eigenvalue weighted by Gasteiger charge is 2.32. The third-order valence-electron chi connectivity index (χ3n) is 4.46. The number of carbonyl (C=O) groups is 2. The summed E-state index contributed by atoms with van der Waals surface area (Å²) in [6.07, 6.45) is -9.49. The first kappa shape index (κ1) is 25.5. The van der Waals surface area contributed by atoms with Crippen LogP contribution in [0.3, 0.4) is 0 Å². The first-order chi connectivity index (χ1) is 16.2. The first-order valence-corrected chi connectivity index (χ1v) is 9.47. The van der Waals surface area contributed by atoms with E-state index in [1.807, 2.05) is 5.32 Å². The molecule has 0 aromatic heterocycles. The molecule has 3 N–H and O–H groups in total. The van der Waals surface area contributed by atoms with E-state index < -0.39 is 58.3 Å². The van der Waals surface area contributed by atoms with Crippen molar-refractivity contribution in [1.29, 1.82) is 0 Å². The van der Waals surface area contributed by atoms with Crippen molar-refractivity contribution in [3.05, 3.63) is 89.0 Å². The second-order valence-corrected chi connectivity index (χ2v) is 7.00. The highest BCUT2D eigenvalue weighted by atomic mass is 19.4. The largest absolute Gasteiger partial charge is 0.416 e. The van der Waals surface area contributed by atoms with Gasteiger partial charge in [0.1, 0.15) is 11.6 Å². The average Bonchev–Trinajstić information content (AvgIpc) is 2.75. The summed E-state index contributed by atoms with van der Waals surface area (Å²) in [6.45, 7) is 0. The first-order valence-electron chi connectivity index (χ1n) is 9.47. The molecule has 3 aromatic rings. The number of benzene rings is 3. The number of amides is 3. The monoisotopic (exact) mass is 503 g/mol. The van der Waals surface area contributed by atoms with Gasteiger partial charge in [-0.25, -0.2) is 13.6 Å². The summed E-state index contributed by atoms with van der Waals surface area (Å²) in [5.74, 6) is -3.52. The van der Waals surface area contributed by atoms with Gasteiger partial charge < -0.3 is 16.0 Å². The van der Waals surface area contributed by atoms with E-state index in [4.69, 9.17) is 0 Å². The summed E-state index contributed by atoms with van der Waals surface area (Å²) in [4.78, 5) is 24.4. The Hall–Kier alpha value is -4.16. The van der Waals surface area contributed by atoms with Gasteiger partial charge in [0.15, 0.2) is 0 Å². The minimum absolute atomic E-state index is 0.220. The standard InChI is InChI=1S/C22H13F8N3O2/c23-16-6-4-12(22(28,29)30)9-15(16)19(34)31-14-5-7-17(24)18(10-14)33-20(35)32-13-3-1-2-11(8-13)21(25,26)27/h1-10H,(H,31,34)(H2,32,33,35). The van der Waals surface area contributed by atoms with Gasteiger partial charge in [0.2, 0.25) is 0 Å². The van der Waals surface area contributed by atoms with E-state index in [2.05, 4.69) is 10.6 Å². The molecule has 5 nitrogen and oxygen atoms in total. The van der Waals surface area contributed by atoms with Gasteiger partial charge in [-0.05, 0) is 54.6 Å². The summed E-state index contributed by atoms with van der Waals surface area (Å²) >= 11 is 0. The molecule has 0 aliphatic carbocycles. The minimum atomic E-state index is -4.83. The van der Waals surface area contributed by atoms with Crippen LogP contribution < -0.4 is 16.0 Å². The van der Waals surface area contributed by atoms with Crippen LogP contribution in [0.5, 0.6) is 0 Å². The molecule has 0 radical (unpaired) electrons. The number of hydrogen-bond donors (Lipinski definition) is 3. The lowest BCUT2D eigenvalue weighted by Crippen LogP contribution is -2.21. The average molecular weight is 503 g/mol. The zero-order valence-electron chi connectivity index (χ0n) is 17.1. The predicted octanol–water partition coefficient (Wildman–Crippen LogP) is 6.90. The number of anilines is 3. The molecule has 0 fully saturated rings.